The number of methoxy groups -OCH3 is 1. The van der Waals surface area contributed by atoms with Gasteiger partial charge in [-0.15, -0.1) is 0 Å². The van der Waals surface area contributed by atoms with Crippen molar-refractivity contribution in [2.45, 2.75) is 19.4 Å². The van der Waals surface area contributed by atoms with Gasteiger partial charge in [0.15, 0.2) is 0 Å². The molecule has 0 fully saturated rings. The van der Waals surface area contributed by atoms with Crippen LogP contribution < -0.4 is 15.4 Å². The lowest BCUT2D eigenvalue weighted by Gasteiger charge is -2.23. The van der Waals surface area contributed by atoms with Gasteiger partial charge >= 0.3 is 11.8 Å². The predicted molar refractivity (Wildman–Crippen MR) is 75.9 cm³/mol. The molecular formula is C13H17ClN2O4. The van der Waals surface area contributed by atoms with Gasteiger partial charge < -0.3 is 20.5 Å². The fourth-order valence-electron chi connectivity index (χ4n) is 1.36. The van der Waals surface area contributed by atoms with Crippen LogP contribution in [0.3, 0.4) is 0 Å². The van der Waals surface area contributed by atoms with Crippen LogP contribution in [0.5, 0.6) is 5.75 Å². The lowest BCUT2D eigenvalue weighted by atomic mass is 10.1. The number of carbonyl (C=O) groups excluding carboxylic acids is 2. The van der Waals surface area contributed by atoms with Gasteiger partial charge in [0.25, 0.3) is 0 Å². The second kappa shape index (κ2) is 6.58. The molecule has 0 radical (unpaired) electrons. The van der Waals surface area contributed by atoms with Crippen molar-refractivity contribution in [2.24, 2.45) is 0 Å². The number of halogens is 1. The lowest BCUT2D eigenvalue weighted by molar-refractivity contribution is -0.137. The van der Waals surface area contributed by atoms with Crippen molar-refractivity contribution >= 4 is 29.1 Å². The van der Waals surface area contributed by atoms with E-state index in [9.17, 15) is 9.59 Å². The molecule has 0 heterocycles. The molecule has 110 valence electrons. The summed E-state index contributed by atoms with van der Waals surface area (Å²) < 4.78 is 5.06. The second-order valence-corrected chi connectivity index (χ2v) is 5.23. The highest BCUT2D eigenvalue weighted by Crippen LogP contribution is 2.27. The Balaban J connectivity index is 2.81. The van der Waals surface area contributed by atoms with Gasteiger partial charge in [0.05, 0.1) is 24.9 Å². The van der Waals surface area contributed by atoms with Crippen molar-refractivity contribution in [1.29, 1.82) is 0 Å². The molecule has 0 aromatic heterocycles. The number of hydrogen-bond donors (Lipinski definition) is 3. The van der Waals surface area contributed by atoms with Crippen LogP contribution in [0.4, 0.5) is 5.69 Å². The van der Waals surface area contributed by atoms with Crippen LogP contribution in [-0.2, 0) is 9.59 Å². The first kappa shape index (κ1) is 16.3. The number of amides is 2. The standard InChI is InChI=1S/C13H17ClN2O4/c1-13(2,7-17)16-12(19)11(18)15-9-6-8(14)4-5-10(9)20-3/h4-6,17H,7H2,1-3H3,(H,15,18)(H,16,19). The number of ether oxygens (including phenoxy) is 1. The zero-order valence-corrected chi connectivity index (χ0v) is 12.2. The fourth-order valence-corrected chi connectivity index (χ4v) is 1.53. The quantitative estimate of drug-likeness (QED) is 0.729. The third-order valence-corrected chi connectivity index (χ3v) is 2.70. The fraction of sp³-hybridized carbons (Fsp3) is 0.385. The third-order valence-electron chi connectivity index (χ3n) is 2.46. The number of carbonyl (C=O) groups is 2. The van der Waals surface area contributed by atoms with E-state index in [-0.39, 0.29) is 6.61 Å². The molecular weight excluding hydrogens is 284 g/mol. The molecule has 3 N–H and O–H groups in total. The van der Waals surface area contributed by atoms with E-state index in [1.165, 1.54) is 13.2 Å². The Labute approximate surface area is 122 Å². The predicted octanol–water partition coefficient (Wildman–Crippen LogP) is 1.17. The number of aliphatic hydroxyl groups is 1. The summed E-state index contributed by atoms with van der Waals surface area (Å²) in [4.78, 5) is 23.5. The van der Waals surface area contributed by atoms with E-state index in [0.717, 1.165) is 0 Å². The van der Waals surface area contributed by atoms with Crippen molar-refractivity contribution in [3.63, 3.8) is 0 Å². The smallest absolute Gasteiger partial charge is 0.313 e. The molecule has 0 saturated carbocycles. The highest BCUT2D eigenvalue weighted by molar-refractivity contribution is 6.40. The monoisotopic (exact) mass is 300 g/mol. The molecule has 7 heteroatoms. The van der Waals surface area contributed by atoms with Crippen molar-refractivity contribution < 1.29 is 19.4 Å². The average molecular weight is 301 g/mol. The van der Waals surface area contributed by atoms with Gasteiger partial charge in [-0.1, -0.05) is 11.6 Å². The van der Waals surface area contributed by atoms with Crippen molar-refractivity contribution in [1.82, 2.24) is 5.32 Å². The highest BCUT2D eigenvalue weighted by atomic mass is 35.5. The van der Waals surface area contributed by atoms with E-state index in [4.69, 9.17) is 21.4 Å². The van der Waals surface area contributed by atoms with Crippen molar-refractivity contribution in [3.05, 3.63) is 23.2 Å². The van der Waals surface area contributed by atoms with E-state index in [1.54, 1.807) is 26.0 Å². The number of benzene rings is 1. The van der Waals surface area contributed by atoms with Crippen LogP contribution in [0.2, 0.25) is 5.02 Å². The summed E-state index contributed by atoms with van der Waals surface area (Å²) in [6, 6.07) is 4.65. The Morgan fingerprint density at radius 1 is 1.35 bits per heavy atom. The van der Waals surface area contributed by atoms with Crippen LogP contribution in [0.25, 0.3) is 0 Å². The van der Waals surface area contributed by atoms with Gasteiger partial charge in [-0.05, 0) is 32.0 Å². The van der Waals surface area contributed by atoms with Crippen LogP contribution in [0.1, 0.15) is 13.8 Å². The lowest BCUT2D eigenvalue weighted by Crippen LogP contribution is -2.50. The maximum atomic E-state index is 11.8. The van der Waals surface area contributed by atoms with Crippen molar-refractivity contribution in [2.75, 3.05) is 19.0 Å². The number of anilines is 1. The SMILES string of the molecule is COc1ccc(Cl)cc1NC(=O)C(=O)NC(C)(C)CO. The summed E-state index contributed by atoms with van der Waals surface area (Å²) in [6.45, 7) is 2.91. The minimum absolute atomic E-state index is 0.285. The van der Waals surface area contributed by atoms with Crippen molar-refractivity contribution in [3.8, 4) is 5.75 Å². The van der Waals surface area contributed by atoms with E-state index in [1.807, 2.05) is 0 Å². The molecule has 0 bridgehead atoms. The number of rotatable bonds is 4. The van der Waals surface area contributed by atoms with E-state index < -0.39 is 17.4 Å². The van der Waals surface area contributed by atoms with Gasteiger partial charge in [0.2, 0.25) is 0 Å². The molecule has 20 heavy (non-hydrogen) atoms. The largest absolute Gasteiger partial charge is 0.495 e. The topological polar surface area (TPSA) is 87.7 Å². The molecule has 0 unspecified atom stereocenters. The molecule has 2 amide bonds. The number of hydrogen-bond acceptors (Lipinski definition) is 4. The highest BCUT2D eigenvalue weighted by Gasteiger charge is 2.24. The number of nitrogens with one attached hydrogen (secondary N) is 2. The molecule has 0 aliphatic heterocycles. The first-order chi connectivity index (χ1) is 9.29. The summed E-state index contributed by atoms with van der Waals surface area (Å²) in [5, 5.41) is 14.3. The van der Waals surface area contributed by atoms with Gasteiger partial charge in [0.1, 0.15) is 5.75 Å². The van der Waals surface area contributed by atoms with E-state index >= 15 is 0 Å². The van der Waals surface area contributed by atoms with Gasteiger partial charge in [-0.25, -0.2) is 0 Å². The molecule has 1 aromatic rings. The van der Waals surface area contributed by atoms with E-state index in [2.05, 4.69) is 10.6 Å². The average Bonchev–Trinajstić information content (AvgIpc) is 2.38. The summed E-state index contributed by atoms with van der Waals surface area (Å²) in [6.07, 6.45) is 0. The minimum Gasteiger partial charge on any atom is -0.495 e. The Kier molecular flexibility index (Phi) is 5.35. The Morgan fingerprint density at radius 3 is 2.55 bits per heavy atom. The molecule has 0 aliphatic carbocycles. The summed E-state index contributed by atoms with van der Waals surface area (Å²) >= 11 is 5.83. The second-order valence-electron chi connectivity index (χ2n) is 4.79. The minimum atomic E-state index is -0.882. The summed E-state index contributed by atoms with van der Waals surface area (Å²) in [5.41, 5.74) is -0.589. The third kappa shape index (κ3) is 4.40. The maximum Gasteiger partial charge on any atom is 0.313 e. The Bertz CT molecular complexity index is 517. The summed E-state index contributed by atoms with van der Waals surface area (Å²) in [5.74, 6) is -1.34. The molecule has 1 rings (SSSR count). The molecule has 0 saturated heterocycles. The van der Waals surface area contributed by atoms with Gasteiger partial charge in [0, 0.05) is 5.02 Å². The maximum absolute atomic E-state index is 11.8. The van der Waals surface area contributed by atoms with Gasteiger partial charge in [-0.2, -0.15) is 0 Å². The molecule has 0 atom stereocenters. The first-order valence-corrected chi connectivity index (χ1v) is 6.25. The normalized spacial score (nSPS) is 10.8. The molecule has 1 aromatic carbocycles. The van der Waals surface area contributed by atoms with Crippen LogP contribution in [0.15, 0.2) is 18.2 Å². The molecule has 0 aliphatic rings. The Hall–Kier alpha value is -1.79. The van der Waals surface area contributed by atoms with Crippen LogP contribution in [0, 0.1) is 0 Å². The Morgan fingerprint density at radius 2 is 2.00 bits per heavy atom. The zero-order valence-electron chi connectivity index (χ0n) is 11.5. The first-order valence-electron chi connectivity index (χ1n) is 5.87. The molecule has 0 spiro atoms. The van der Waals surface area contributed by atoms with Crippen LogP contribution in [-0.4, -0.2) is 36.2 Å². The number of aliphatic hydroxyl groups excluding tert-OH is 1. The zero-order chi connectivity index (χ0) is 15.3. The summed E-state index contributed by atoms with van der Waals surface area (Å²) in [7, 11) is 1.44. The molecule has 6 nitrogen and oxygen atoms in total. The van der Waals surface area contributed by atoms with Crippen LogP contribution >= 0.6 is 11.6 Å². The van der Waals surface area contributed by atoms with E-state index in [0.29, 0.717) is 16.5 Å². The van der Waals surface area contributed by atoms with Gasteiger partial charge in [-0.3, -0.25) is 9.59 Å².